The summed E-state index contributed by atoms with van der Waals surface area (Å²) in [6.07, 6.45) is -4.49. The Labute approximate surface area is 129 Å². The van der Waals surface area contributed by atoms with Gasteiger partial charge in [0.1, 0.15) is 22.6 Å². The molecule has 1 aromatic rings. The van der Waals surface area contributed by atoms with Gasteiger partial charge in [-0.05, 0) is 6.07 Å². The molecule has 1 aliphatic rings. The Hall–Kier alpha value is -2.01. The van der Waals surface area contributed by atoms with Crippen molar-refractivity contribution in [2.24, 2.45) is 5.92 Å². The van der Waals surface area contributed by atoms with E-state index in [1.165, 1.54) is 13.2 Å². The number of carbonyl (C=O) groups excluding carboxylic acids is 1. The van der Waals surface area contributed by atoms with Crippen LogP contribution in [-0.4, -0.2) is 31.2 Å². The number of hydrogen-bond donors (Lipinski definition) is 0. The summed E-state index contributed by atoms with van der Waals surface area (Å²) in [6, 6.07) is 2.23. The number of pyridine rings is 1. The lowest BCUT2D eigenvalue weighted by Gasteiger charge is -2.40. The van der Waals surface area contributed by atoms with Crippen molar-refractivity contribution in [3.05, 3.63) is 22.3 Å². The zero-order valence-corrected chi connectivity index (χ0v) is 12.2. The highest BCUT2D eigenvalue weighted by Crippen LogP contribution is 2.37. The third-order valence-electron chi connectivity index (χ3n) is 3.34. The minimum Gasteiger partial charge on any atom is -0.469 e. The monoisotopic (exact) mass is 333 g/mol. The lowest BCUT2D eigenvalue weighted by Crippen LogP contribution is -2.48. The number of halogens is 4. The van der Waals surface area contributed by atoms with Gasteiger partial charge in [-0.1, -0.05) is 11.6 Å². The minimum atomic E-state index is -4.69. The highest BCUT2D eigenvalue weighted by atomic mass is 35.5. The fraction of sp³-hybridized carbons (Fsp3) is 0.462. The maximum absolute atomic E-state index is 13.0. The molecule has 0 amide bonds. The van der Waals surface area contributed by atoms with E-state index >= 15 is 0 Å². The van der Waals surface area contributed by atoms with Crippen molar-refractivity contribution >= 4 is 23.4 Å². The van der Waals surface area contributed by atoms with Gasteiger partial charge in [0, 0.05) is 19.0 Å². The van der Waals surface area contributed by atoms with Crippen molar-refractivity contribution in [3.63, 3.8) is 0 Å². The Kier molecular flexibility index (Phi) is 4.47. The number of aromatic nitrogens is 1. The molecule has 1 saturated heterocycles. The van der Waals surface area contributed by atoms with Gasteiger partial charge in [-0.15, -0.1) is 0 Å². The number of methoxy groups -OCH3 is 1. The molecule has 9 heteroatoms. The van der Waals surface area contributed by atoms with E-state index in [-0.39, 0.29) is 24.1 Å². The Morgan fingerprint density at radius 1 is 1.59 bits per heavy atom. The first-order valence-electron chi connectivity index (χ1n) is 6.25. The maximum atomic E-state index is 13.0. The summed E-state index contributed by atoms with van der Waals surface area (Å²) in [4.78, 5) is 16.5. The normalized spacial score (nSPS) is 15.2. The molecule has 0 spiro atoms. The van der Waals surface area contributed by atoms with E-state index < -0.39 is 22.5 Å². The SMILES string of the molecule is COC(=O)CC1CN(c2cc(C(F)(F)F)c(C#N)c(Cl)n2)C1. The van der Waals surface area contributed by atoms with Crippen LogP contribution < -0.4 is 4.90 Å². The molecule has 1 aliphatic heterocycles. The van der Waals surface area contributed by atoms with Crippen molar-refractivity contribution in [3.8, 4) is 6.07 Å². The quantitative estimate of drug-likeness (QED) is 0.628. The van der Waals surface area contributed by atoms with Gasteiger partial charge >= 0.3 is 12.1 Å². The summed E-state index contributed by atoms with van der Waals surface area (Å²) in [5, 5.41) is 8.31. The van der Waals surface area contributed by atoms with Gasteiger partial charge in [0.05, 0.1) is 19.1 Å². The molecule has 0 radical (unpaired) electrons. The van der Waals surface area contributed by atoms with Gasteiger partial charge in [0.25, 0.3) is 0 Å². The number of ether oxygens (including phenoxy) is 1. The van der Waals surface area contributed by atoms with E-state index in [4.69, 9.17) is 16.9 Å². The Morgan fingerprint density at radius 3 is 2.73 bits per heavy atom. The summed E-state index contributed by atoms with van der Waals surface area (Å²) in [7, 11) is 1.27. The van der Waals surface area contributed by atoms with Crippen molar-refractivity contribution in [1.29, 1.82) is 5.26 Å². The van der Waals surface area contributed by atoms with E-state index in [9.17, 15) is 18.0 Å². The topological polar surface area (TPSA) is 66.2 Å². The molecule has 118 valence electrons. The number of anilines is 1. The third-order valence-corrected chi connectivity index (χ3v) is 3.62. The fourth-order valence-electron chi connectivity index (χ4n) is 2.20. The van der Waals surface area contributed by atoms with Crippen molar-refractivity contribution in [1.82, 2.24) is 4.98 Å². The van der Waals surface area contributed by atoms with Gasteiger partial charge in [0.15, 0.2) is 0 Å². The fourth-order valence-corrected chi connectivity index (χ4v) is 2.43. The number of nitriles is 1. The van der Waals surface area contributed by atoms with Crippen molar-refractivity contribution in [2.75, 3.05) is 25.1 Å². The molecule has 2 rings (SSSR count). The predicted molar refractivity (Wildman–Crippen MR) is 71.3 cm³/mol. The van der Waals surface area contributed by atoms with Crippen LogP contribution in [0.3, 0.4) is 0 Å². The molecule has 0 bridgehead atoms. The summed E-state index contributed by atoms with van der Waals surface area (Å²) >= 11 is 5.67. The van der Waals surface area contributed by atoms with Crippen molar-refractivity contribution < 1.29 is 22.7 Å². The van der Waals surface area contributed by atoms with Crippen LogP contribution in [0.5, 0.6) is 0 Å². The predicted octanol–water partition coefficient (Wildman–Crippen LogP) is 2.62. The maximum Gasteiger partial charge on any atom is 0.417 e. The first-order valence-corrected chi connectivity index (χ1v) is 6.63. The van der Waals surface area contributed by atoms with Crippen LogP contribution in [0.1, 0.15) is 17.5 Å². The standard InChI is InChI=1S/C13H11ClF3N3O2/c1-22-11(21)2-7-5-20(6-7)10-3-9(13(15,16)17)8(4-18)12(14)19-10/h3,7H,2,5-6H2,1H3. The van der Waals surface area contributed by atoms with E-state index in [1.54, 1.807) is 4.90 Å². The van der Waals surface area contributed by atoms with Crippen LogP contribution in [0.25, 0.3) is 0 Å². The second-order valence-corrected chi connectivity index (χ2v) is 5.21. The lowest BCUT2D eigenvalue weighted by atomic mass is 9.96. The molecule has 1 fully saturated rings. The Bertz CT molecular complexity index is 637. The lowest BCUT2D eigenvalue weighted by molar-refractivity contribution is -0.142. The first kappa shape index (κ1) is 16.4. The molecule has 0 aliphatic carbocycles. The summed E-state index contributed by atoms with van der Waals surface area (Å²) in [6.45, 7) is 0.753. The van der Waals surface area contributed by atoms with Crippen LogP contribution >= 0.6 is 11.6 Å². The zero-order valence-electron chi connectivity index (χ0n) is 11.4. The number of alkyl halides is 3. The van der Waals surface area contributed by atoms with Crippen LogP contribution in [0, 0.1) is 17.2 Å². The highest BCUT2D eigenvalue weighted by molar-refractivity contribution is 6.30. The molecule has 0 N–H and O–H groups in total. The molecule has 0 unspecified atom stereocenters. The van der Waals surface area contributed by atoms with Crippen LogP contribution in [0.2, 0.25) is 5.15 Å². The largest absolute Gasteiger partial charge is 0.469 e. The average molecular weight is 334 g/mol. The van der Waals surface area contributed by atoms with Gasteiger partial charge in [0.2, 0.25) is 0 Å². The van der Waals surface area contributed by atoms with Gasteiger partial charge in [-0.25, -0.2) is 4.98 Å². The molecule has 0 atom stereocenters. The van der Waals surface area contributed by atoms with Crippen LogP contribution in [0.4, 0.5) is 19.0 Å². The van der Waals surface area contributed by atoms with Crippen molar-refractivity contribution in [2.45, 2.75) is 12.6 Å². The molecule has 1 aromatic heterocycles. The van der Waals surface area contributed by atoms with Crippen LogP contribution in [0.15, 0.2) is 6.07 Å². The third kappa shape index (κ3) is 3.25. The smallest absolute Gasteiger partial charge is 0.417 e. The number of nitrogens with zero attached hydrogens (tertiary/aromatic N) is 3. The molecular formula is C13H11ClF3N3O2. The molecule has 22 heavy (non-hydrogen) atoms. The zero-order chi connectivity index (χ0) is 16.5. The Morgan fingerprint density at radius 2 is 2.23 bits per heavy atom. The second-order valence-electron chi connectivity index (χ2n) is 4.85. The highest BCUT2D eigenvalue weighted by Gasteiger charge is 2.38. The minimum absolute atomic E-state index is 0.00185. The summed E-state index contributed by atoms with van der Waals surface area (Å²) in [5.41, 5.74) is -1.80. The van der Waals surface area contributed by atoms with E-state index in [0.29, 0.717) is 13.1 Å². The molecule has 0 aromatic carbocycles. The number of hydrogen-bond acceptors (Lipinski definition) is 5. The molecule has 5 nitrogen and oxygen atoms in total. The first-order chi connectivity index (χ1) is 10.3. The van der Waals surface area contributed by atoms with Gasteiger partial charge in [-0.2, -0.15) is 18.4 Å². The average Bonchev–Trinajstić information content (AvgIpc) is 2.40. The van der Waals surface area contributed by atoms with E-state index in [0.717, 1.165) is 6.07 Å². The van der Waals surface area contributed by atoms with Gasteiger partial charge < -0.3 is 9.64 Å². The Balaban J connectivity index is 2.20. The van der Waals surface area contributed by atoms with Crippen LogP contribution in [-0.2, 0) is 15.7 Å². The number of rotatable bonds is 3. The summed E-state index contributed by atoms with van der Waals surface area (Å²) in [5.74, 6) is -0.332. The van der Waals surface area contributed by atoms with E-state index in [1.807, 2.05) is 0 Å². The molecule has 0 saturated carbocycles. The number of esters is 1. The molecule has 2 heterocycles. The molecular weight excluding hydrogens is 323 g/mol. The van der Waals surface area contributed by atoms with E-state index in [2.05, 4.69) is 9.72 Å². The number of carbonyl (C=O) groups is 1. The van der Waals surface area contributed by atoms with Gasteiger partial charge in [-0.3, -0.25) is 4.79 Å². The summed E-state index contributed by atoms with van der Waals surface area (Å²) < 4.78 is 43.4. The second kappa shape index (κ2) is 6.01.